The lowest BCUT2D eigenvalue weighted by atomic mass is 9.69. The van der Waals surface area contributed by atoms with Crippen LogP contribution in [0.5, 0.6) is 0 Å². The van der Waals surface area contributed by atoms with Crippen molar-refractivity contribution < 1.29 is 9.72 Å². The van der Waals surface area contributed by atoms with E-state index < -0.39 is 28.3 Å². The van der Waals surface area contributed by atoms with Crippen LogP contribution < -0.4 is 4.90 Å². The van der Waals surface area contributed by atoms with Crippen molar-refractivity contribution in [2.45, 2.75) is 18.0 Å². The van der Waals surface area contributed by atoms with Crippen molar-refractivity contribution in [3.63, 3.8) is 0 Å². The van der Waals surface area contributed by atoms with Crippen LogP contribution in [0.15, 0.2) is 84.9 Å². The molecule has 3 unspecified atom stereocenters. The fourth-order valence-corrected chi connectivity index (χ4v) is 5.20. The summed E-state index contributed by atoms with van der Waals surface area (Å²) in [5.74, 6) is -0.960. The Morgan fingerprint density at radius 3 is 2.24 bits per heavy atom. The maximum Gasteiger partial charge on any atom is 0.270 e. The van der Waals surface area contributed by atoms with Gasteiger partial charge in [0.2, 0.25) is 0 Å². The van der Waals surface area contributed by atoms with Crippen molar-refractivity contribution in [3.8, 4) is 12.1 Å². The number of nitro groups is 1. The molecule has 3 aromatic carbocycles. The Kier molecular flexibility index (Phi) is 4.96. The number of anilines is 1. The zero-order valence-electron chi connectivity index (χ0n) is 17.9. The van der Waals surface area contributed by atoms with Gasteiger partial charge >= 0.3 is 0 Å². The Morgan fingerprint density at radius 2 is 1.62 bits per heavy atom. The van der Waals surface area contributed by atoms with Gasteiger partial charge in [0.15, 0.2) is 11.2 Å². The van der Waals surface area contributed by atoms with Gasteiger partial charge in [-0.3, -0.25) is 14.9 Å². The molecule has 7 nitrogen and oxygen atoms in total. The highest BCUT2D eigenvalue weighted by atomic mass is 16.6. The van der Waals surface area contributed by atoms with Gasteiger partial charge in [0, 0.05) is 34.9 Å². The van der Waals surface area contributed by atoms with Crippen LogP contribution >= 0.6 is 0 Å². The van der Waals surface area contributed by atoms with E-state index in [1.54, 1.807) is 47.4 Å². The summed E-state index contributed by atoms with van der Waals surface area (Å²) in [5, 5.41) is 32.1. The quantitative estimate of drug-likeness (QED) is 0.321. The standard InChI is InChI=1S/C27H18N4O3/c28-16-27(17-29)23-14-11-20-15-21(31(33)34)12-13-22(20)30(23)25(24(27)18-7-3-1-4-8-18)26(32)19-9-5-2-6-10-19/h1-15,23-25H. The van der Waals surface area contributed by atoms with Crippen LogP contribution in [0.3, 0.4) is 0 Å². The van der Waals surface area contributed by atoms with Gasteiger partial charge in [-0.1, -0.05) is 72.8 Å². The van der Waals surface area contributed by atoms with Gasteiger partial charge < -0.3 is 4.90 Å². The van der Waals surface area contributed by atoms with E-state index in [2.05, 4.69) is 12.1 Å². The van der Waals surface area contributed by atoms with E-state index >= 15 is 0 Å². The number of ketones is 1. The van der Waals surface area contributed by atoms with Gasteiger partial charge in [0.1, 0.15) is 6.04 Å². The second-order valence-electron chi connectivity index (χ2n) is 8.37. The largest absolute Gasteiger partial charge is 0.351 e. The molecule has 0 aromatic heterocycles. The molecule has 0 spiro atoms. The van der Waals surface area contributed by atoms with Crippen LogP contribution in [0.4, 0.5) is 11.4 Å². The molecule has 0 amide bonds. The molecule has 0 aliphatic carbocycles. The van der Waals surface area contributed by atoms with Crippen LogP contribution in [-0.4, -0.2) is 22.8 Å². The number of non-ortho nitro benzene ring substituents is 1. The summed E-state index contributed by atoms with van der Waals surface area (Å²) in [6.07, 6.45) is 3.41. The van der Waals surface area contributed by atoms with Crippen LogP contribution in [0.25, 0.3) is 6.08 Å². The number of Topliss-reactive ketones (excluding diaryl/α,β-unsaturated/α-hetero) is 1. The van der Waals surface area contributed by atoms with Crippen molar-refractivity contribution in [1.82, 2.24) is 0 Å². The number of hydrogen-bond acceptors (Lipinski definition) is 6. The van der Waals surface area contributed by atoms with E-state index in [1.165, 1.54) is 12.1 Å². The predicted octanol–water partition coefficient (Wildman–Crippen LogP) is 4.88. The number of nitrogens with zero attached hydrogens (tertiary/aromatic N) is 4. The summed E-state index contributed by atoms with van der Waals surface area (Å²) in [6, 6.07) is 25.3. The fourth-order valence-electron chi connectivity index (χ4n) is 5.20. The van der Waals surface area contributed by atoms with Crippen LogP contribution in [-0.2, 0) is 0 Å². The van der Waals surface area contributed by atoms with Crippen molar-refractivity contribution >= 4 is 23.2 Å². The van der Waals surface area contributed by atoms with Crippen molar-refractivity contribution in [1.29, 1.82) is 10.5 Å². The first-order valence-electron chi connectivity index (χ1n) is 10.7. The monoisotopic (exact) mass is 446 g/mol. The zero-order valence-corrected chi connectivity index (χ0v) is 17.9. The lowest BCUT2D eigenvalue weighted by Crippen LogP contribution is -2.44. The highest BCUT2D eigenvalue weighted by Crippen LogP contribution is 2.55. The molecule has 2 aliphatic heterocycles. The third-order valence-corrected chi connectivity index (χ3v) is 6.69. The Balaban J connectivity index is 1.78. The second kappa shape index (κ2) is 7.99. The van der Waals surface area contributed by atoms with E-state index in [0.29, 0.717) is 22.4 Å². The smallest absolute Gasteiger partial charge is 0.270 e. The van der Waals surface area contributed by atoms with Gasteiger partial charge in [0.25, 0.3) is 5.69 Å². The summed E-state index contributed by atoms with van der Waals surface area (Å²) in [4.78, 5) is 26.7. The Labute approximate surface area is 195 Å². The molecule has 1 fully saturated rings. The second-order valence-corrected chi connectivity index (χ2v) is 8.37. The summed E-state index contributed by atoms with van der Waals surface area (Å²) < 4.78 is 0. The molecule has 34 heavy (non-hydrogen) atoms. The molecule has 5 rings (SSSR count). The molecule has 7 heteroatoms. The van der Waals surface area contributed by atoms with E-state index in [4.69, 9.17) is 0 Å². The molecular weight excluding hydrogens is 428 g/mol. The molecule has 0 saturated carbocycles. The predicted molar refractivity (Wildman–Crippen MR) is 126 cm³/mol. The zero-order chi connectivity index (χ0) is 23.9. The van der Waals surface area contributed by atoms with E-state index in [9.17, 15) is 25.4 Å². The summed E-state index contributed by atoms with van der Waals surface area (Å²) >= 11 is 0. The maximum atomic E-state index is 14.0. The molecule has 164 valence electrons. The number of fused-ring (bicyclic) bond motifs is 3. The molecule has 3 atom stereocenters. The molecule has 2 heterocycles. The molecule has 0 bridgehead atoms. The summed E-state index contributed by atoms with van der Waals surface area (Å²) in [6.45, 7) is 0. The summed E-state index contributed by atoms with van der Waals surface area (Å²) in [7, 11) is 0. The maximum absolute atomic E-state index is 14.0. The van der Waals surface area contributed by atoms with E-state index in [1.807, 2.05) is 36.4 Å². The minimum Gasteiger partial charge on any atom is -0.351 e. The number of nitro benzene ring substituents is 1. The Morgan fingerprint density at radius 1 is 0.971 bits per heavy atom. The topological polar surface area (TPSA) is 111 Å². The van der Waals surface area contributed by atoms with Crippen molar-refractivity contribution in [2.24, 2.45) is 5.41 Å². The average Bonchev–Trinajstić information content (AvgIpc) is 3.19. The highest BCUT2D eigenvalue weighted by molar-refractivity contribution is 6.04. The Hall–Kier alpha value is -4.75. The van der Waals surface area contributed by atoms with Gasteiger partial charge in [-0.05, 0) is 11.6 Å². The number of nitriles is 2. The summed E-state index contributed by atoms with van der Waals surface area (Å²) in [5.41, 5.74) is 0.712. The number of carbonyl (C=O) groups is 1. The van der Waals surface area contributed by atoms with Crippen molar-refractivity contribution in [3.05, 3.63) is 112 Å². The van der Waals surface area contributed by atoms with Gasteiger partial charge in [-0.2, -0.15) is 10.5 Å². The highest BCUT2D eigenvalue weighted by Gasteiger charge is 2.63. The molecule has 2 aliphatic rings. The number of carbonyl (C=O) groups excluding carboxylic acids is 1. The third kappa shape index (κ3) is 2.99. The molecular formula is C27H18N4O3. The normalized spacial score (nSPS) is 21.6. The Bertz CT molecular complexity index is 1390. The number of benzene rings is 3. The molecule has 0 radical (unpaired) electrons. The van der Waals surface area contributed by atoms with Crippen LogP contribution in [0.2, 0.25) is 0 Å². The number of hydrogen-bond donors (Lipinski definition) is 0. The van der Waals surface area contributed by atoms with Crippen LogP contribution in [0, 0.1) is 38.2 Å². The van der Waals surface area contributed by atoms with Gasteiger partial charge in [0.05, 0.1) is 23.1 Å². The fraction of sp³-hybridized carbons (Fsp3) is 0.148. The SMILES string of the molecule is N#CC1(C#N)C(c2ccccc2)C(C(=O)c2ccccc2)N2c3ccc([N+](=O)[O-])cc3C=CC21. The van der Waals surface area contributed by atoms with Gasteiger partial charge in [-0.15, -0.1) is 0 Å². The van der Waals surface area contributed by atoms with Gasteiger partial charge in [-0.25, -0.2) is 0 Å². The van der Waals surface area contributed by atoms with E-state index in [-0.39, 0.29) is 11.5 Å². The minimum absolute atomic E-state index is 0.0709. The van der Waals surface area contributed by atoms with Crippen molar-refractivity contribution in [2.75, 3.05) is 4.90 Å². The van der Waals surface area contributed by atoms with Crippen LogP contribution in [0.1, 0.15) is 27.4 Å². The minimum atomic E-state index is -1.55. The lowest BCUT2D eigenvalue weighted by molar-refractivity contribution is -0.384. The molecule has 3 aromatic rings. The average molecular weight is 446 g/mol. The lowest BCUT2D eigenvalue weighted by Gasteiger charge is -2.35. The first-order valence-corrected chi connectivity index (χ1v) is 10.7. The first-order chi connectivity index (χ1) is 16.5. The third-order valence-electron chi connectivity index (χ3n) is 6.69. The molecule has 0 N–H and O–H groups in total. The number of rotatable bonds is 4. The van der Waals surface area contributed by atoms with E-state index in [0.717, 1.165) is 0 Å². The molecule has 1 saturated heterocycles. The first kappa shape index (κ1) is 21.1.